The minimum atomic E-state index is -1.41. The number of nitro benzene ring substituents is 1. The normalized spacial score (nSPS) is 12.1. The lowest BCUT2D eigenvalue weighted by Gasteiger charge is -2.07. The summed E-state index contributed by atoms with van der Waals surface area (Å²) in [5, 5.41) is 11.1. The first kappa shape index (κ1) is 16.1. The quantitative estimate of drug-likeness (QED) is 0.448. The molecule has 2 aromatic rings. The van der Waals surface area contributed by atoms with E-state index in [1.54, 1.807) is 30.3 Å². The van der Waals surface area contributed by atoms with Crippen molar-refractivity contribution in [3.63, 3.8) is 0 Å². The Morgan fingerprint density at radius 2 is 1.90 bits per heavy atom. The third-order valence-corrected chi connectivity index (χ3v) is 5.56. The Labute approximate surface area is 140 Å². The van der Waals surface area contributed by atoms with E-state index in [1.165, 1.54) is 6.07 Å². The average molecular weight is 434 g/mol. The van der Waals surface area contributed by atoms with Crippen LogP contribution in [0.1, 0.15) is 5.56 Å². The molecule has 0 bridgehead atoms. The third-order valence-electron chi connectivity index (χ3n) is 2.73. The summed E-state index contributed by atoms with van der Waals surface area (Å²) in [4.78, 5) is 11.1. The van der Waals surface area contributed by atoms with Gasteiger partial charge in [0.25, 0.3) is 5.69 Å². The van der Waals surface area contributed by atoms with Gasteiger partial charge in [-0.25, -0.2) is 0 Å². The molecule has 0 fully saturated rings. The van der Waals surface area contributed by atoms with Crippen molar-refractivity contribution in [1.82, 2.24) is 0 Å². The molecule has 5 nitrogen and oxygen atoms in total. The predicted molar refractivity (Wildman–Crippen MR) is 89.5 cm³/mol. The highest BCUT2D eigenvalue weighted by Gasteiger charge is 2.18. The van der Waals surface area contributed by atoms with Crippen LogP contribution in [-0.2, 0) is 16.6 Å². The zero-order chi connectivity index (χ0) is 15.6. The largest absolute Gasteiger partial charge is 0.399 e. The minimum Gasteiger partial charge on any atom is -0.399 e. The first-order valence-electron chi connectivity index (χ1n) is 5.74. The molecule has 1 unspecified atom stereocenters. The fraction of sp³-hybridized carbons (Fsp3) is 0.0769. The molecule has 2 rings (SSSR count). The Kier molecular flexibility index (Phi) is 5.13. The van der Waals surface area contributed by atoms with Gasteiger partial charge >= 0.3 is 0 Å². The summed E-state index contributed by atoms with van der Waals surface area (Å²) in [7, 11) is -1.41. The predicted octanol–water partition coefficient (Wildman–Crippen LogP) is 4.01. The van der Waals surface area contributed by atoms with E-state index in [2.05, 4.69) is 31.9 Å². The fourth-order valence-corrected chi connectivity index (χ4v) is 4.22. The number of rotatable bonds is 4. The molecule has 110 valence electrons. The molecule has 2 aromatic carbocycles. The van der Waals surface area contributed by atoms with Crippen molar-refractivity contribution in [2.24, 2.45) is 0 Å². The monoisotopic (exact) mass is 432 g/mol. The summed E-state index contributed by atoms with van der Waals surface area (Å²) in [5.74, 6) is 0.0616. The number of halogens is 2. The summed E-state index contributed by atoms with van der Waals surface area (Å²) < 4.78 is 13.6. The Balaban J connectivity index is 2.34. The van der Waals surface area contributed by atoms with E-state index in [9.17, 15) is 14.3 Å². The van der Waals surface area contributed by atoms with Gasteiger partial charge in [0.2, 0.25) is 0 Å². The van der Waals surface area contributed by atoms with Crippen molar-refractivity contribution >= 4 is 54.0 Å². The molecule has 0 saturated heterocycles. The number of hydrogen-bond donors (Lipinski definition) is 1. The van der Waals surface area contributed by atoms with Crippen LogP contribution in [0.4, 0.5) is 11.4 Å². The van der Waals surface area contributed by atoms with Crippen LogP contribution in [-0.4, -0.2) is 9.13 Å². The molecule has 1 atom stereocenters. The number of nitro groups is 1. The van der Waals surface area contributed by atoms with E-state index >= 15 is 0 Å². The second kappa shape index (κ2) is 6.67. The maximum absolute atomic E-state index is 12.4. The van der Waals surface area contributed by atoms with Crippen LogP contribution < -0.4 is 5.73 Å². The van der Waals surface area contributed by atoms with Gasteiger partial charge in [0, 0.05) is 26.3 Å². The van der Waals surface area contributed by atoms with Crippen LogP contribution in [0, 0.1) is 10.1 Å². The second-order valence-electron chi connectivity index (χ2n) is 4.21. The van der Waals surface area contributed by atoms with Crippen LogP contribution in [0.15, 0.2) is 50.2 Å². The second-order valence-corrected chi connectivity index (χ2v) is 7.40. The Hall–Kier alpha value is -1.25. The minimum absolute atomic E-state index is 0.0516. The molecule has 0 saturated carbocycles. The van der Waals surface area contributed by atoms with E-state index < -0.39 is 15.7 Å². The molecule has 0 amide bonds. The Morgan fingerprint density at radius 3 is 2.52 bits per heavy atom. The first-order chi connectivity index (χ1) is 9.88. The van der Waals surface area contributed by atoms with Crippen molar-refractivity contribution in [2.45, 2.75) is 10.6 Å². The number of nitrogens with two attached hydrogens (primary N) is 1. The van der Waals surface area contributed by atoms with Crippen LogP contribution in [0.5, 0.6) is 0 Å². The highest BCUT2D eigenvalue weighted by atomic mass is 79.9. The molecular weight excluding hydrogens is 424 g/mol. The van der Waals surface area contributed by atoms with Crippen molar-refractivity contribution in [2.75, 3.05) is 5.73 Å². The first-order valence-corrected chi connectivity index (χ1v) is 8.65. The van der Waals surface area contributed by atoms with E-state index in [1.807, 2.05) is 0 Å². The lowest BCUT2D eigenvalue weighted by molar-refractivity contribution is -0.385. The maximum atomic E-state index is 12.4. The number of hydrogen-bond acceptors (Lipinski definition) is 4. The topological polar surface area (TPSA) is 86.2 Å². The number of benzene rings is 2. The average Bonchev–Trinajstić information content (AvgIpc) is 2.40. The van der Waals surface area contributed by atoms with E-state index in [0.717, 1.165) is 0 Å². The standard InChI is InChI=1S/C13H10Br2N2O3S/c14-9-2-1-8(12(5-9)17(18)19)7-21(20)13-4-3-10(16)6-11(13)15/h1-6H,7,16H2. The summed E-state index contributed by atoms with van der Waals surface area (Å²) in [6.07, 6.45) is 0. The molecule has 21 heavy (non-hydrogen) atoms. The van der Waals surface area contributed by atoms with Crippen LogP contribution in [0.25, 0.3) is 0 Å². The molecule has 0 heterocycles. The van der Waals surface area contributed by atoms with Crippen molar-refractivity contribution in [3.05, 3.63) is 61.0 Å². The van der Waals surface area contributed by atoms with E-state index in [4.69, 9.17) is 5.73 Å². The Bertz CT molecular complexity index is 737. The molecule has 0 spiro atoms. The summed E-state index contributed by atoms with van der Waals surface area (Å²) in [5.41, 5.74) is 6.56. The van der Waals surface area contributed by atoms with Gasteiger partial charge in [-0.2, -0.15) is 0 Å². The molecule has 0 aliphatic rings. The van der Waals surface area contributed by atoms with Crippen molar-refractivity contribution in [1.29, 1.82) is 0 Å². The molecule has 0 aromatic heterocycles. The summed E-state index contributed by atoms with van der Waals surface area (Å²) >= 11 is 6.50. The van der Waals surface area contributed by atoms with Gasteiger partial charge in [-0.05, 0) is 40.2 Å². The van der Waals surface area contributed by atoms with Crippen LogP contribution in [0.3, 0.4) is 0 Å². The van der Waals surface area contributed by atoms with Gasteiger partial charge in [-0.15, -0.1) is 0 Å². The van der Waals surface area contributed by atoms with Gasteiger partial charge in [0.15, 0.2) is 0 Å². The lowest BCUT2D eigenvalue weighted by Crippen LogP contribution is -2.02. The van der Waals surface area contributed by atoms with Gasteiger partial charge in [0.1, 0.15) is 0 Å². The number of nitrogen functional groups attached to an aromatic ring is 1. The van der Waals surface area contributed by atoms with Crippen molar-refractivity contribution in [3.8, 4) is 0 Å². The third kappa shape index (κ3) is 3.90. The van der Waals surface area contributed by atoms with Gasteiger partial charge in [-0.1, -0.05) is 22.0 Å². The highest BCUT2D eigenvalue weighted by molar-refractivity contribution is 9.10. The van der Waals surface area contributed by atoms with Crippen molar-refractivity contribution < 1.29 is 9.13 Å². The van der Waals surface area contributed by atoms with Gasteiger partial charge < -0.3 is 5.73 Å². The van der Waals surface area contributed by atoms with Gasteiger partial charge in [0.05, 0.1) is 26.4 Å². The van der Waals surface area contributed by atoms with Crippen LogP contribution in [0.2, 0.25) is 0 Å². The zero-order valence-electron chi connectivity index (χ0n) is 10.6. The molecule has 0 aliphatic heterocycles. The Morgan fingerprint density at radius 1 is 1.19 bits per heavy atom. The smallest absolute Gasteiger partial charge is 0.274 e. The van der Waals surface area contributed by atoms with Crippen LogP contribution >= 0.6 is 31.9 Å². The molecule has 0 radical (unpaired) electrons. The molecule has 0 aliphatic carbocycles. The SMILES string of the molecule is Nc1ccc(S(=O)Cc2ccc(Br)cc2[N+](=O)[O-])c(Br)c1. The fourth-order valence-electron chi connectivity index (χ4n) is 1.75. The van der Waals surface area contributed by atoms with E-state index in [-0.39, 0.29) is 11.4 Å². The number of nitrogens with zero attached hydrogens (tertiary/aromatic N) is 1. The lowest BCUT2D eigenvalue weighted by atomic mass is 10.2. The highest BCUT2D eigenvalue weighted by Crippen LogP contribution is 2.29. The van der Waals surface area contributed by atoms with Gasteiger partial charge in [-0.3, -0.25) is 14.3 Å². The summed E-state index contributed by atoms with van der Waals surface area (Å²) in [6, 6.07) is 9.66. The summed E-state index contributed by atoms with van der Waals surface area (Å²) in [6.45, 7) is 0. The molecular formula is C13H10Br2N2O3S. The molecule has 2 N–H and O–H groups in total. The zero-order valence-corrected chi connectivity index (χ0v) is 14.6. The van der Waals surface area contributed by atoms with E-state index in [0.29, 0.717) is 25.1 Å². The molecule has 8 heteroatoms. The maximum Gasteiger partial charge on any atom is 0.274 e. The number of anilines is 1.